The molecule has 14 heavy (non-hydrogen) atoms. The molecule has 0 bridgehead atoms. The van der Waals surface area contributed by atoms with Gasteiger partial charge in [0.1, 0.15) is 0 Å². The van der Waals surface area contributed by atoms with Gasteiger partial charge in [-0.2, -0.15) is 8.42 Å². The maximum absolute atomic E-state index is 9.33. The molecule has 0 fully saturated rings. The second-order valence-electron chi connectivity index (χ2n) is 2.86. The zero-order valence-corrected chi connectivity index (χ0v) is 9.52. The minimum absolute atomic E-state index is 0.537. The highest BCUT2D eigenvalue weighted by atomic mass is 32.3. The van der Waals surface area contributed by atoms with Crippen LogP contribution in [0.3, 0.4) is 0 Å². The van der Waals surface area contributed by atoms with Crippen molar-refractivity contribution in [2.45, 2.75) is 13.1 Å². The lowest BCUT2D eigenvalue weighted by Crippen LogP contribution is -2.30. The van der Waals surface area contributed by atoms with Gasteiger partial charge in [0.25, 0.3) is 0 Å². The maximum atomic E-state index is 9.33. The lowest BCUT2D eigenvalue weighted by atomic mass is 10.5. The van der Waals surface area contributed by atoms with Crippen LogP contribution in [0.2, 0.25) is 0 Å². The number of rotatable bonds is 1. The van der Waals surface area contributed by atoms with E-state index in [2.05, 4.69) is 47.4 Å². The summed E-state index contributed by atoms with van der Waals surface area (Å²) in [5, 5.41) is 0. The average Bonchev–Trinajstić information content (AvgIpc) is 2.36. The third-order valence-corrected chi connectivity index (χ3v) is 2.35. The van der Waals surface area contributed by atoms with Gasteiger partial charge in [0.15, 0.2) is 0 Å². The Balaban J connectivity index is 0.000000255. The molecule has 6 nitrogen and oxygen atoms in total. The molecule has 1 aliphatic heterocycles. The fourth-order valence-electron chi connectivity index (χ4n) is 0.747. The van der Waals surface area contributed by atoms with E-state index in [0.717, 1.165) is 7.11 Å². The highest BCUT2D eigenvalue weighted by Gasteiger charge is 2.12. The molecule has 1 aliphatic rings. The van der Waals surface area contributed by atoms with Gasteiger partial charge in [0, 0.05) is 26.5 Å². The van der Waals surface area contributed by atoms with Gasteiger partial charge < -0.3 is 9.80 Å². The van der Waals surface area contributed by atoms with E-state index in [4.69, 9.17) is 4.55 Å². The van der Waals surface area contributed by atoms with Crippen molar-refractivity contribution >= 4 is 10.4 Å². The van der Waals surface area contributed by atoms with Crippen molar-refractivity contribution in [3.05, 3.63) is 12.4 Å². The second kappa shape index (κ2) is 5.18. The SMILES string of the molecule is CC1N(C)C=CN1C.COS(=O)(=O)O. The monoisotopic (exact) mass is 224 g/mol. The summed E-state index contributed by atoms with van der Waals surface area (Å²) in [4.78, 5) is 4.33. The van der Waals surface area contributed by atoms with Crippen molar-refractivity contribution < 1.29 is 17.2 Å². The van der Waals surface area contributed by atoms with E-state index in [1.165, 1.54) is 0 Å². The first-order chi connectivity index (χ1) is 6.28. The van der Waals surface area contributed by atoms with Gasteiger partial charge in [-0.1, -0.05) is 0 Å². The average molecular weight is 224 g/mol. The smallest absolute Gasteiger partial charge is 0.359 e. The lowest BCUT2D eigenvalue weighted by molar-refractivity contribution is 0.226. The second-order valence-corrected chi connectivity index (χ2v) is 4.04. The molecule has 84 valence electrons. The van der Waals surface area contributed by atoms with E-state index in [1.807, 2.05) is 0 Å². The Morgan fingerprint density at radius 1 is 1.29 bits per heavy atom. The standard InChI is InChI=1S/C6H12N2.CH4O4S/c1-6-7(2)4-5-8(6)3;1-5-6(2,3)4/h4-6H,1-3H3;1H3,(H,2,3,4). The Hall–Kier alpha value is -0.790. The molecule has 0 spiro atoms. The lowest BCUT2D eigenvalue weighted by Gasteiger charge is -2.22. The largest absolute Gasteiger partial charge is 0.397 e. The number of hydrogen-bond acceptors (Lipinski definition) is 5. The molecule has 0 saturated carbocycles. The van der Waals surface area contributed by atoms with Gasteiger partial charge >= 0.3 is 10.4 Å². The van der Waals surface area contributed by atoms with Gasteiger partial charge in [0.05, 0.1) is 13.3 Å². The summed E-state index contributed by atoms with van der Waals surface area (Å²) < 4.78 is 29.7. The predicted octanol–water partition coefficient (Wildman–Crippen LogP) is 0.116. The van der Waals surface area contributed by atoms with Gasteiger partial charge in [-0.25, -0.2) is 0 Å². The third-order valence-electron chi connectivity index (χ3n) is 1.93. The van der Waals surface area contributed by atoms with Crippen molar-refractivity contribution in [2.24, 2.45) is 0 Å². The van der Waals surface area contributed by atoms with Crippen LogP contribution in [0, 0.1) is 0 Å². The first-order valence-corrected chi connectivity index (χ1v) is 5.29. The number of nitrogens with zero attached hydrogens (tertiary/aromatic N) is 2. The summed E-state index contributed by atoms with van der Waals surface area (Å²) in [5.41, 5.74) is 0. The molecule has 0 aliphatic carbocycles. The molecule has 0 saturated heterocycles. The van der Waals surface area contributed by atoms with Crippen LogP contribution in [0.25, 0.3) is 0 Å². The molecule has 1 rings (SSSR count). The molecule has 0 amide bonds. The minimum atomic E-state index is -4.16. The molecule has 1 N–H and O–H groups in total. The molecule has 0 aromatic rings. The van der Waals surface area contributed by atoms with Gasteiger partial charge in [0.2, 0.25) is 0 Å². The Bertz CT molecular complexity index is 276. The Morgan fingerprint density at radius 3 is 1.64 bits per heavy atom. The zero-order valence-electron chi connectivity index (χ0n) is 8.71. The molecule has 0 aromatic heterocycles. The fraction of sp³-hybridized carbons (Fsp3) is 0.714. The van der Waals surface area contributed by atoms with E-state index in [0.29, 0.717) is 6.17 Å². The molecule has 0 atom stereocenters. The van der Waals surface area contributed by atoms with E-state index in [1.54, 1.807) is 0 Å². The quantitative estimate of drug-likeness (QED) is 0.638. The van der Waals surface area contributed by atoms with Crippen LogP contribution in [0.15, 0.2) is 12.4 Å². The summed E-state index contributed by atoms with van der Waals surface area (Å²) in [7, 11) is 0.856. The normalized spacial score (nSPS) is 16.9. The first kappa shape index (κ1) is 13.2. The van der Waals surface area contributed by atoms with Gasteiger partial charge in [-0.3, -0.25) is 8.74 Å². The van der Waals surface area contributed by atoms with Crippen LogP contribution in [0.4, 0.5) is 0 Å². The number of hydrogen-bond donors (Lipinski definition) is 1. The highest BCUT2D eigenvalue weighted by Crippen LogP contribution is 2.08. The molecule has 0 unspecified atom stereocenters. The molecule has 7 heteroatoms. The van der Waals surface area contributed by atoms with Crippen LogP contribution in [0.1, 0.15) is 6.92 Å². The Labute approximate surface area is 84.7 Å². The van der Waals surface area contributed by atoms with E-state index in [-0.39, 0.29) is 0 Å². The van der Waals surface area contributed by atoms with Crippen molar-refractivity contribution in [1.82, 2.24) is 9.80 Å². The van der Waals surface area contributed by atoms with E-state index in [9.17, 15) is 8.42 Å². The summed E-state index contributed by atoms with van der Waals surface area (Å²) in [5.74, 6) is 0. The Kier molecular flexibility index (Phi) is 4.89. The Morgan fingerprint density at radius 2 is 1.57 bits per heavy atom. The summed E-state index contributed by atoms with van der Waals surface area (Å²) in [6, 6.07) is 0. The minimum Gasteiger partial charge on any atom is -0.359 e. The van der Waals surface area contributed by atoms with Crippen LogP contribution >= 0.6 is 0 Å². The molecular weight excluding hydrogens is 208 g/mol. The molecular formula is C7H16N2O4S. The summed E-state index contributed by atoms with van der Waals surface area (Å²) in [6.45, 7) is 2.17. The molecule has 1 heterocycles. The maximum Gasteiger partial charge on any atom is 0.397 e. The van der Waals surface area contributed by atoms with Crippen molar-refractivity contribution in [3.8, 4) is 0 Å². The molecule has 0 radical (unpaired) electrons. The van der Waals surface area contributed by atoms with Gasteiger partial charge in [-0.05, 0) is 6.92 Å². The summed E-state index contributed by atoms with van der Waals surface area (Å²) in [6.07, 6.45) is 4.69. The van der Waals surface area contributed by atoms with Crippen molar-refractivity contribution in [3.63, 3.8) is 0 Å². The zero-order chi connectivity index (χ0) is 11.4. The first-order valence-electron chi connectivity index (χ1n) is 3.93. The molecule has 0 aromatic carbocycles. The van der Waals surface area contributed by atoms with Crippen molar-refractivity contribution in [2.75, 3.05) is 21.2 Å². The van der Waals surface area contributed by atoms with Crippen molar-refractivity contribution in [1.29, 1.82) is 0 Å². The third kappa shape index (κ3) is 5.05. The van der Waals surface area contributed by atoms with Crippen LogP contribution in [-0.4, -0.2) is 50.1 Å². The van der Waals surface area contributed by atoms with Crippen LogP contribution < -0.4 is 0 Å². The van der Waals surface area contributed by atoms with Crippen LogP contribution in [-0.2, 0) is 14.6 Å². The van der Waals surface area contributed by atoms with Gasteiger partial charge in [-0.15, -0.1) is 0 Å². The van der Waals surface area contributed by atoms with E-state index < -0.39 is 10.4 Å². The predicted molar refractivity (Wildman–Crippen MR) is 52.7 cm³/mol. The van der Waals surface area contributed by atoms with E-state index >= 15 is 0 Å². The fourth-order valence-corrected chi connectivity index (χ4v) is 0.747. The van der Waals surface area contributed by atoms with Crippen LogP contribution in [0.5, 0.6) is 0 Å². The highest BCUT2D eigenvalue weighted by molar-refractivity contribution is 7.80. The topological polar surface area (TPSA) is 70.1 Å². The summed E-state index contributed by atoms with van der Waals surface area (Å²) >= 11 is 0.